The summed E-state index contributed by atoms with van der Waals surface area (Å²) in [7, 11) is 0. The molecule has 1 saturated carbocycles. The molecule has 28 heavy (non-hydrogen) atoms. The summed E-state index contributed by atoms with van der Waals surface area (Å²) in [4.78, 5) is 25.2. The molecule has 1 heterocycles. The van der Waals surface area contributed by atoms with Gasteiger partial charge in [0.1, 0.15) is 6.04 Å². The first-order valence-corrected chi connectivity index (χ1v) is 10.1. The summed E-state index contributed by atoms with van der Waals surface area (Å²) >= 11 is 0. The maximum absolute atomic E-state index is 12.9. The Hall–Kier alpha value is -2.43. The van der Waals surface area contributed by atoms with Crippen LogP contribution in [-0.2, 0) is 4.79 Å². The van der Waals surface area contributed by atoms with E-state index < -0.39 is 6.04 Å². The molecule has 0 radical (unpaired) electrons. The molecule has 1 aromatic carbocycles. The Bertz CT molecular complexity index is 899. The average Bonchev–Trinajstić information content (AvgIpc) is 2.60. The van der Waals surface area contributed by atoms with E-state index in [4.69, 9.17) is 0 Å². The van der Waals surface area contributed by atoms with Crippen molar-refractivity contribution in [2.45, 2.75) is 66.0 Å². The molecule has 5 heteroatoms. The van der Waals surface area contributed by atoms with Crippen LogP contribution in [0.25, 0.3) is 11.3 Å². The van der Waals surface area contributed by atoms with Gasteiger partial charge >= 0.3 is 0 Å². The van der Waals surface area contributed by atoms with Gasteiger partial charge in [0.25, 0.3) is 5.56 Å². The Kier molecular flexibility index (Phi) is 5.73. The van der Waals surface area contributed by atoms with Crippen LogP contribution < -0.4 is 10.9 Å². The Morgan fingerprint density at radius 1 is 1.18 bits per heavy atom. The monoisotopic (exact) mass is 381 g/mol. The highest BCUT2D eigenvalue weighted by Crippen LogP contribution is 2.38. The van der Waals surface area contributed by atoms with Gasteiger partial charge in [-0.05, 0) is 50.5 Å². The number of amides is 1. The van der Waals surface area contributed by atoms with Crippen molar-refractivity contribution in [3.05, 3.63) is 52.3 Å². The molecule has 0 spiro atoms. The molecule has 0 saturated heterocycles. The second-order valence-corrected chi connectivity index (χ2v) is 9.16. The topological polar surface area (TPSA) is 64.0 Å². The van der Waals surface area contributed by atoms with Crippen LogP contribution in [0.1, 0.15) is 58.6 Å². The van der Waals surface area contributed by atoms with Crippen molar-refractivity contribution in [2.75, 3.05) is 0 Å². The fraction of sp³-hybridized carbons (Fsp3) is 0.522. The number of carbonyl (C=O) groups is 1. The van der Waals surface area contributed by atoms with Crippen LogP contribution in [0.5, 0.6) is 0 Å². The quantitative estimate of drug-likeness (QED) is 0.867. The molecule has 1 N–H and O–H groups in total. The van der Waals surface area contributed by atoms with Crippen LogP contribution >= 0.6 is 0 Å². The Balaban J connectivity index is 1.78. The number of hydrogen-bond donors (Lipinski definition) is 1. The van der Waals surface area contributed by atoms with Crippen LogP contribution in [0.15, 0.2) is 41.2 Å². The zero-order valence-corrected chi connectivity index (χ0v) is 17.5. The summed E-state index contributed by atoms with van der Waals surface area (Å²) in [6.45, 7) is 10.5. The van der Waals surface area contributed by atoms with Crippen molar-refractivity contribution in [1.82, 2.24) is 15.1 Å². The smallest absolute Gasteiger partial charge is 0.267 e. The molecule has 3 rings (SSSR count). The SMILES string of the molecule is Cc1ccc(-c2ccc(=O)n(C(C)C(=O)NC3CC(C)CC(C)(C)C3)n2)cc1. The van der Waals surface area contributed by atoms with Gasteiger partial charge in [0.05, 0.1) is 5.69 Å². The summed E-state index contributed by atoms with van der Waals surface area (Å²) in [5.41, 5.74) is 2.73. The first-order chi connectivity index (χ1) is 13.1. The largest absolute Gasteiger partial charge is 0.351 e. The standard InChI is InChI=1S/C23H31N3O2/c1-15-6-8-18(9-7-15)20-10-11-21(27)26(25-20)17(3)22(28)24-19-12-16(2)13-23(4,5)14-19/h6-11,16-17,19H,12-14H2,1-5H3,(H,24,28). The van der Waals surface area contributed by atoms with Gasteiger partial charge in [-0.15, -0.1) is 0 Å². The molecule has 0 aliphatic heterocycles. The van der Waals surface area contributed by atoms with Gasteiger partial charge in [0, 0.05) is 17.7 Å². The van der Waals surface area contributed by atoms with Crippen molar-refractivity contribution in [1.29, 1.82) is 0 Å². The van der Waals surface area contributed by atoms with Crippen molar-refractivity contribution in [2.24, 2.45) is 11.3 Å². The third-order valence-electron chi connectivity index (χ3n) is 5.65. The maximum atomic E-state index is 12.9. The number of carbonyl (C=O) groups excluding carboxylic acids is 1. The summed E-state index contributed by atoms with van der Waals surface area (Å²) in [5, 5.41) is 7.63. The molecular formula is C23H31N3O2. The highest BCUT2D eigenvalue weighted by atomic mass is 16.2. The van der Waals surface area contributed by atoms with Crippen molar-refractivity contribution >= 4 is 5.91 Å². The van der Waals surface area contributed by atoms with Gasteiger partial charge in [-0.3, -0.25) is 9.59 Å². The van der Waals surface area contributed by atoms with E-state index in [0.29, 0.717) is 11.6 Å². The van der Waals surface area contributed by atoms with Gasteiger partial charge in [-0.25, -0.2) is 4.68 Å². The molecule has 150 valence electrons. The van der Waals surface area contributed by atoms with E-state index in [2.05, 4.69) is 31.2 Å². The lowest BCUT2D eigenvalue weighted by Crippen LogP contribution is -2.46. The normalized spacial score (nSPS) is 22.5. The predicted octanol–water partition coefficient (Wildman–Crippen LogP) is 4.11. The van der Waals surface area contributed by atoms with E-state index in [0.717, 1.165) is 24.0 Å². The van der Waals surface area contributed by atoms with Crippen LogP contribution in [0.2, 0.25) is 0 Å². The lowest BCUT2D eigenvalue weighted by Gasteiger charge is -2.39. The lowest BCUT2D eigenvalue weighted by molar-refractivity contribution is -0.125. The minimum Gasteiger partial charge on any atom is -0.351 e. The highest BCUT2D eigenvalue weighted by Gasteiger charge is 2.33. The number of aryl methyl sites for hydroxylation is 1. The molecule has 1 aromatic heterocycles. The van der Waals surface area contributed by atoms with Gasteiger partial charge in [0.2, 0.25) is 5.91 Å². The molecule has 5 nitrogen and oxygen atoms in total. The van der Waals surface area contributed by atoms with E-state index in [1.54, 1.807) is 13.0 Å². The van der Waals surface area contributed by atoms with E-state index in [1.807, 2.05) is 31.2 Å². The second kappa shape index (κ2) is 7.90. The molecule has 0 bridgehead atoms. The van der Waals surface area contributed by atoms with E-state index in [-0.39, 0.29) is 22.9 Å². The molecule has 1 amide bonds. The molecule has 3 unspecified atom stereocenters. The summed E-state index contributed by atoms with van der Waals surface area (Å²) in [6.07, 6.45) is 3.11. The van der Waals surface area contributed by atoms with Crippen molar-refractivity contribution in [3.63, 3.8) is 0 Å². The molecule has 1 aliphatic rings. The van der Waals surface area contributed by atoms with Crippen LogP contribution in [0, 0.1) is 18.3 Å². The van der Waals surface area contributed by atoms with Gasteiger partial charge in [-0.1, -0.05) is 50.6 Å². The van der Waals surface area contributed by atoms with E-state index in [1.165, 1.54) is 17.2 Å². The minimum absolute atomic E-state index is 0.143. The third-order valence-corrected chi connectivity index (χ3v) is 5.65. The molecule has 3 atom stereocenters. The number of nitrogens with one attached hydrogen (secondary N) is 1. The molecule has 1 aliphatic carbocycles. The maximum Gasteiger partial charge on any atom is 0.267 e. The number of benzene rings is 1. The predicted molar refractivity (Wildman–Crippen MR) is 112 cm³/mol. The first-order valence-electron chi connectivity index (χ1n) is 10.1. The van der Waals surface area contributed by atoms with E-state index >= 15 is 0 Å². The summed E-state index contributed by atoms with van der Waals surface area (Å²) in [6, 6.07) is 10.6. The minimum atomic E-state index is -0.654. The van der Waals surface area contributed by atoms with Crippen LogP contribution in [0.3, 0.4) is 0 Å². The highest BCUT2D eigenvalue weighted by molar-refractivity contribution is 5.80. The number of hydrogen-bond acceptors (Lipinski definition) is 3. The van der Waals surface area contributed by atoms with Crippen LogP contribution in [0.4, 0.5) is 0 Å². The number of rotatable bonds is 4. The molecule has 1 fully saturated rings. The fourth-order valence-electron chi connectivity index (χ4n) is 4.47. The average molecular weight is 382 g/mol. The Labute approximate surface area is 167 Å². The molecule has 2 aromatic rings. The Morgan fingerprint density at radius 2 is 1.86 bits per heavy atom. The van der Waals surface area contributed by atoms with Gasteiger partial charge in [0.15, 0.2) is 0 Å². The first kappa shape index (κ1) is 20.3. The number of nitrogens with zero attached hydrogens (tertiary/aromatic N) is 2. The third kappa shape index (κ3) is 4.70. The van der Waals surface area contributed by atoms with E-state index in [9.17, 15) is 9.59 Å². The number of aromatic nitrogens is 2. The Morgan fingerprint density at radius 3 is 2.50 bits per heavy atom. The summed E-state index contributed by atoms with van der Waals surface area (Å²) in [5.74, 6) is 0.431. The zero-order valence-electron chi connectivity index (χ0n) is 17.5. The molecular weight excluding hydrogens is 350 g/mol. The fourth-order valence-corrected chi connectivity index (χ4v) is 4.47. The van der Waals surface area contributed by atoms with Gasteiger partial charge < -0.3 is 5.32 Å². The second-order valence-electron chi connectivity index (χ2n) is 9.16. The zero-order chi connectivity index (χ0) is 20.5. The summed E-state index contributed by atoms with van der Waals surface area (Å²) < 4.78 is 1.29. The van der Waals surface area contributed by atoms with Gasteiger partial charge in [-0.2, -0.15) is 5.10 Å². The van der Waals surface area contributed by atoms with Crippen molar-refractivity contribution in [3.8, 4) is 11.3 Å². The van der Waals surface area contributed by atoms with Crippen LogP contribution in [-0.4, -0.2) is 21.7 Å². The van der Waals surface area contributed by atoms with Crippen molar-refractivity contribution < 1.29 is 4.79 Å². The lowest BCUT2D eigenvalue weighted by atomic mass is 9.70.